The monoisotopic (exact) mass is 501 g/mol. The van der Waals surface area contributed by atoms with Gasteiger partial charge in [-0.1, -0.05) is 40.2 Å². The van der Waals surface area contributed by atoms with Gasteiger partial charge in [-0.3, -0.25) is 0 Å². The maximum Gasteiger partial charge on any atom is 0.145 e. The number of imidazole rings is 1. The number of nitrogen functional groups attached to an aromatic ring is 1. The molecular weight excluding hydrogens is 458 g/mol. The van der Waals surface area contributed by atoms with Crippen LogP contribution in [0.3, 0.4) is 0 Å². The lowest BCUT2D eigenvalue weighted by atomic mass is 9.87. The molecule has 1 aromatic carbocycles. The SMILES string of the molecule is CCc1nc2ccc(C(C)(C)C)cc2[nH]1.CN(CC1CCC(n2ccc3c(N)ncnc32)C1)C1CCC1. The van der Waals surface area contributed by atoms with Crippen LogP contribution in [0.5, 0.6) is 0 Å². The molecule has 198 valence electrons. The zero-order valence-electron chi connectivity index (χ0n) is 23.2. The summed E-state index contributed by atoms with van der Waals surface area (Å²) >= 11 is 0. The second kappa shape index (κ2) is 10.4. The molecule has 2 atom stereocenters. The van der Waals surface area contributed by atoms with E-state index in [9.17, 15) is 0 Å². The minimum absolute atomic E-state index is 0.200. The minimum Gasteiger partial charge on any atom is -0.383 e. The molecule has 2 saturated carbocycles. The first-order valence-electron chi connectivity index (χ1n) is 14.0. The fourth-order valence-corrected chi connectivity index (χ4v) is 5.83. The molecule has 3 heterocycles. The molecule has 2 fully saturated rings. The topological polar surface area (TPSA) is 88.7 Å². The summed E-state index contributed by atoms with van der Waals surface area (Å²) < 4.78 is 2.32. The molecule has 2 unspecified atom stereocenters. The highest BCUT2D eigenvalue weighted by Crippen LogP contribution is 2.38. The Bertz CT molecular complexity index is 1340. The lowest BCUT2D eigenvalue weighted by Gasteiger charge is -2.36. The van der Waals surface area contributed by atoms with Gasteiger partial charge in [0.25, 0.3) is 0 Å². The van der Waals surface area contributed by atoms with Crippen LogP contribution >= 0.6 is 0 Å². The number of fused-ring (bicyclic) bond motifs is 2. The van der Waals surface area contributed by atoms with Crippen molar-refractivity contribution in [2.75, 3.05) is 19.3 Å². The van der Waals surface area contributed by atoms with Gasteiger partial charge in [0.15, 0.2) is 0 Å². The molecule has 7 nitrogen and oxygen atoms in total. The molecule has 0 spiro atoms. The number of nitrogens with two attached hydrogens (primary N) is 1. The standard InChI is InChI=1S/C17H25N5.C13H18N2/c1-21(13-3-2-4-13)10-12-5-6-14(9-12)22-8-7-15-16(18)19-11-20-17(15)22;1-5-12-14-10-7-6-9(13(2,3)4)8-11(10)15-12/h7-8,11-14H,2-6,9-10H2,1H3,(H2,18,19,20);6-8H,5H2,1-4H3,(H,14,15). The third kappa shape index (κ3) is 5.52. The molecule has 6 rings (SSSR count). The fraction of sp³-hybridized carbons (Fsp3) is 0.567. The summed E-state index contributed by atoms with van der Waals surface area (Å²) in [6, 6.07) is 9.94. The van der Waals surface area contributed by atoms with Crippen LogP contribution in [0.4, 0.5) is 5.82 Å². The zero-order chi connectivity index (χ0) is 26.2. The van der Waals surface area contributed by atoms with Crippen LogP contribution in [0.2, 0.25) is 0 Å². The van der Waals surface area contributed by atoms with E-state index in [0.29, 0.717) is 11.9 Å². The Labute approximate surface area is 220 Å². The molecule has 3 N–H and O–H groups in total. The van der Waals surface area contributed by atoms with E-state index in [1.165, 1.54) is 50.6 Å². The molecule has 7 heteroatoms. The van der Waals surface area contributed by atoms with Crippen molar-refractivity contribution in [2.45, 2.75) is 90.1 Å². The van der Waals surface area contributed by atoms with Crippen LogP contribution in [0.15, 0.2) is 36.8 Å². The molecule has 4 aromatic rings. The van der Waals surface area contributed by atoms with Crippen LogP contribution in [-0.4, -0.2) is 49.0 Å². The Hall–Kier alpha value is -2.93. The number of aromatic amines is 1. The number of aromatic nitrogens is 5. The summed E-state index contributed by atoms with van der Waals surface area (Å²) in [5.41, 5.74) is 10.7. The van der Waals surface area contributed by atoms with Gasteiger partial charge in [-0.15, -0.1) is 0 Å². The quantitative estimate of drug-likeness (QED) is 0.337. The van der Waals surface area contributed by atoms with E-state index in [1.54, 1.807) is 6.33 Å². The minimum atomic E-state index is 0.200. The number of nitrogens with zero attached hydrogens (tertiary/aromatic N) is 5. The Morgan fingerprint density at radius 1 is 1.11 bits per heavy atom. The maximum atomic E-state index is 5.95. The number of H-pyrrole nitrogens is 1. The molecule has 0 saturated heterocycles. The largest absolute Gasteiger partial charge is 0.383 e. The fourth-order valence-electron chi connectivity index (χ4n) is 5.83. The summed E-state index contributed by atoms with van der Waals surface area (Å²) in [5, 5.41) is 0.984. The molecule has 0 bridgehead atoms. The summed E-state index contributed by atoms with van der Waals surface area (Å²) in [6.07, 6.45) is 12.7. The third-order valence-corrected chi connectivity index (χ3v) is 8.42. The zero-order valence-corrected chi connectivity index (χ0v) is 23.2. The summed E-state index contributed by atoms with van der Waals surface area (Å²) in [4.78, 5) is 19.0. The predicted octanol–water partition coefficient (Wildman–Crippen LogP) is 6.26. The first-order chi connectivity index (χ1) is 17.7. The highest BCUT2D eigenvalue weighted by molar-refractivity contribution is 5.86. The maximum absolute atomic E-state index is 5.95. The van der Waals surface area contributed by atoms with Crippen LogP contribution < -0.4 is 5.73 Å². The highest BCUT2D eigenvalue weighted by Gasteiger charge is 2.30. The van der Waals surface area contributed by atoms with E-state index in [2.05, 4.69) is 94.6 Å². The number of hydrogen-bond donors (Lipinski definition) is 2. The average Bonchev–Trinajstić information content (AvgIpc) is 3.55. The Kier molecular flexibility index (Phi) is 7.26. The van der Waals surface area contributed by atoms with Crippen LogP contribution in [0.25, 0.3) is 22.1 Å². The molecule has 37 heavy (non-hydrogen) atoms. The van der Waals surface area contributed by atoms with Gasteiger partial charge in [-0.25, -0.2) is 15.0 Å². The number of hydrogen-bond acceptors (Lipinski definition) is 5. The third-order valence-electron chi connectivity index (χ3n) is 8.42. The van der Waals surface area contributed by atoms with Crippen molar-refractivity contribution < 1.29 is 0 Å². The first kappa shape index (κ1) is 25.7. The van der Waals surface area contributed by atoms with Crippen molar-refractivity contribution >= 4 is 27.9 Å². The summed E-state index contributed by atoms with van der Waals surface area (Å²) in [5.74, 6) is 2.46. The molecule has 0 amide bonds. The van der Waals surface area contributed by atoms with Gasteiger partial charge in [-0.05, 0) is 74.2 Å². The summed E-state index contributed by atoms with van der Waals surface area (Å²) in [7, 11) is 2.30. The van der Waals surface area contributed by atoms with Crippen molar-refractivity contribution in [3.05, 3.63) is 48.2 Å². The molecular formula is C30H43N7. The number of rotatable bonds is 5. The van der Waals surface area contributed by atoms with Gasteiger partial charge in [0.1, 0.15) is 23.6 Å². The highest BCUT2D eigenvalue weighted by atomic mass is 15.1. The molecule has 0 radical (unpaired) electrons. The van der Waals surface area contributed by atoms with E-state index in [4.69, 9.17) is 5.73 Å². The second-order valence-corrected chi connectivity index (χ2v) is 12.1. The van der Waals surface area contributed by atoms with E-state index in [1.807, 2.05) is 0 Å². The van der Waals surface area contributed by atoms with Gasteiger partial charge < -0.3 is 20.2 Å². The van der Waals surface area contributed by atoms with E-state index >= 15 is 0 Å². The van der Waals surface area contributed by atoms with Gasteiger partial charge >= 0.3 is 0 Å². The predicted molar refractivity (Wildman–Crippen MR) is 153 cm³/mol. The smallest absolute Gasteiger partial charge is 0.145 e. The van der Waals surface area contributed by atoms with E-state index < -0.39 is 0 Å². The van der Waals surface area contributed by atoms with Crippen molar-refractivity contribution in [3.63, 3.8) is 0 Å². The number of aryl methyl sites for hydroxylation is 1. The number of benzene rings is 1. The lowest BCUT2D eigenvalue weighted by molar-refractivity contribution is 0.138. The van der Waals surface area contributed by atoms with Crippen LogP contribution in [-0.2, 0) is 11.8 Å². The van der Waals surface area contributed by atoms with Crippen molar-refractivity contribution in [1.82, 2.24) is 29.4 Å². The van der Waals surface area contributed by atoms with Crippen molar-refractivity contribution in [1.29, 1.82) is 0 Å². The average molecular weight is 502 g/mol. The van der Waals surface area contributed by atoms with Crippen molar-refractivity contribution in [3.8, 4) is 0 Å². The molecule has 2 aliphatic carbocycles. The van der Waals surface area contributed by atoms with Gasteiger partial charge in [0, 0.05) is 31.2 Å². The van der Waals surface area contributed by atoms with E-state index in [-0.39, 0.29) is 5.41 Å². The second-order valence-electron chi connectivity index (χ2n) is 12.1. The summed E-state index contributed by atoms with van der Waals surface area (Å²) in [6.45, 7) is 10.0. The van der Waals surface area contributed by atoms with E-state index in [0.717, 1.165) is 46.3 Å². The first-order valence-corrected chi connectivity index (χ1v) is 14.0. The lowest BCUT2D eigenvalue weighted by Crippen LogP contribution is -2.39. The Balaban J connectivity index is 0.000000164. The Morgan fingerprint density at radius 3 is 2.62 bits per heavy atom. The molecule has 2 aliphatic rings. The number of anilines is 1. The van der Waals surface area contributed by atoms with Crippen molar-refractivity contribution in [2.24, 2.45) is 5.92 Å². The van der Waals surface area contributed by atoms with Gasteiger partial charge in [-0.2, -0.15) is 0 Å². The normalized spacial score (nSPS) is 20.4. The van der Waals surface area contributed by atoms with Gasteiger partial charge in [0.05, 0.1) is 16.4 Å². The van der Waals surface area contributed by atoms with Gasteiger partial charge in [0.2, 0.25) is 0 Å². The Morgan fingerprint density at radius 2 is 1.92 bits per heavy atom. The van der Waals surface area contributed by atoms with Crippen LogP contribution in [0.1, 0.15) is 83.6 Å². The van der Waals surface area contributed by atoms with Crippen LogP contribution in [0, 0.1) is 5.92 Å². The number of nitrogens with one attached hydrogen (secondary N) is 1. The molecule has 3 aromatic heterocycles. The molecule has 0 aliphatic heterocycles.